The van der Waals surface area contributed by atoms with E-state index < -0.39 is 172 Å². The first-order valence-electron chi connectivity index (χ1n) is 39.8. The van der Waals surface area contributed by atoms with Gasteiger partial charge in [0.15, 0.2) is 0 Å². The third kappa shape index (κ3) is 28.6. The molecule has 2 aliphatic heterocycles. The van der Waals surface area contributed by atoms with Gasteiger partial charge in [0.25, 0.3) is 0 Å². The second kappa shape index (κ2) is 43.6. The molecule has 0 radical (unpaired) electrons. The summed E-state index contributed by atoms with van der Waals surface area (Å²) in [6.45, 7) is 14.1. The Hall–Kier alpha value is -9.11. The van der Waals surface area contributed by atoms with E-state index in [1.807, 2.05) is 13.0 Å². The Balaban J connectivity index is 1.34. The van der Waals surface area contributed by atoms with Crippen molar-refractivity contribution in [2.45, 2.75) is 314 Å². The van der Waals surface area contributed by atoms with Crippen molar-refractivity contribution in [3.05, 3.63) is 42.2 Å². The fourth-order valence-electron chi connectivity index (χ4n) is 14.9. The van der Waals surface area contributed by atoms with Crippen LogP contribution >= 0.6 is 0 Å². The quantitative estimate of drug-likeness (QED) is 0.0928. The van der Waals surface area contributed by atoms with Gasteiger partial charge < -0.3 is 95.2 Å². The number of hydrogen-bond donors (Lipinski definition) is 17. The third-order valence-corrected chi connectivity index (χ3v) is 21.7. The molecule has 2 saturated carbocycles. The second-order valence-corrected chi connectivity index (χ2v) is 32.2. The minimum atomic E-state index is -1.93. The summed E-state index contributed by atoms with van der Waals surface area (Å²) in [6, 6.07) is -9.71. The minimum absolute atomic E-state index is 0.00904. The lowest BCUT2D eigenvalue weighted by Gasteiger charge is -2.36. The molecule has 14 amide bonds. The molecule has 6 rings (SSSR count). The first-order valence-corrected chi connectivity index (χ1v) is 39.8. The van der Waals surface area contributed by atoms with Crippen molar-refractivity contribution in [2.24, 2.45) is 34.6 Å². The van der Waals surface area contributed by atoms with Crippen molar-refractivity contribution in [1.29, 1.82) is 0 Å². The number of primary amides is 2. The summed E-state index contributed by atoms with van der Waals surface area (Å²) in [5, 5.41) is 63.1. The van der Waals surface area contributed by atoms with Gasteiger partial charge >= 0.3 is 0 Å². The van der Waals surface area contributed by atoms with Crippen LogP contribution in [0.5, 0.6) is 0 Å². The fraction of sp³-hybridized carbons (Fsp3) is 0.705. The predicted octanol–water partition coefficient (Wildman–Crippen LogP) is 1.07. The van der Waals surface area contributed by atoms with E-state index in [9.17, 15) is 63.3 Å². The molecule has 2 aromatic rings. The molecule has 111 heavy (non-hydrogen) atoms. The van der Waals surface area contributed by atoms with Crippen LogP contribution in [0.3, 0.4) is 0 Å². The molecule has 0 unspecified atom stereocenters. The number of H-pyrrole nitrogens is 1. The van der Waals surface area contributed by atoms with E-state index in [4.69, 9.17) is 11.5 Å². The number of hydrogen-bond acceptors (Lipinski definition) is 18. The third-order valence-electron chi connectivity index (χ3n) is 21.7. The number of pyridine rings is 1. The van der Waals surface area contributed by atoms with E-state index in [0.29, 0.717) is 113 Å². The number of fused-ring (bicyclic) bond motifs is 2. The van der Waals surface area contributed by atoms with Crippen molar-refractivity contribution >= 4 is 93.7 Å². The van der Waals surface area contributed by atoms with E-state index in [1.54, 1.807) is 58.3 Å². The average molecular weight is 1560 g/mol. The number of rotatable bonds is 18. The number of carbonyl (C=O) groups excluding carboxylic acids is 14. The number of aliphatic hydroxyl groups excluding tert-OH is 3. The Morgan fingerprint density at radius 2 is 1.36 bits per heavy atom. The zero-order valence-electron chi connectivity index (χ0n) is 66.1. The lowest BCUT2D eigenvalue weighted by molar-refractivity contribution is -0.144. The highest BCUT2D eigenvalue weighted by Crippen LogP contribution is 2.32. The smallest absolute Gasteiger partial charge is 0.246 e. The van der Waals surface area contributed by atoms with Gasteiger partial charge in [0.05, 0.1) is 18.3 Å². The topological polar surface area (TPSA) is 516 Å². The standard InChI is InChI=1S/C78H124N16O17/c1-10-21-54(64(79)100)87-70(105)57(40-48-28-32-51(97)33-29-48)88-68(103)45(3)84-76(111)78(9)36-16-13-11-12-14-22-44(2)67(102)86-55(65(80)101)24-15-17-37-81-61(99)27-18-25-56(85-47(5)96)69(104)92-63(77(6,7)8)74(109)90-59(41-49-30-34-52(98)35-31-49)75(110)94-39-20-26-60(94)72(107)91-62(46(4)95)73(108)89-58(71(106)93-78)42-50-43-83-66-53(50)23-19-38-82-66/h11,13,19,23,38,43-46,48-49,51-52,54-60,62-63,95,97-98H,10,12,14-18,20-22,24-37,39-42H2,1-9H3,(H2,79,100)(H2,80,101)(H,81,99)(H,82,83)(H,84,111)(H,85,96)(H,86,102)(H,87,105)(H,88,103)(H,89,108)(H,90,109)(H,91,107)(H,92,104)(H,93,106)/b13-11+/t44-,45+,46-,48?,49?,51?,52?,54+,55+,56+,57+,58+,59+,60+,62+,63-,78+/m1/s1. The molecule has 3 fully saturated rings. The van der Waals surface area contributed by atoms with Crippen LogP contribution in [-0.2, 0) is 73.5 Å². The highest BCUT2D eigenvalue weighted by atomic mass is 16.3. The molecule has 1 saturated heterocycles. The van der Waals surface area contributed by atoms with Gasteiger partial charge in [0.1, 0.15) is 71.6 Å². The van der Waals surface area contributed by atoms with Crippen LogP contribution in [-0.4, -0.2) is 210 Å². The Kier molecular flexibility index (Phi) is 35.7. The summed E-state index contributed by atoms with van der Waals surface area (Å²) >= 11 is 0. The number of nitrogens with two attached hydrogens (primary N) is 2. The molecule has 13 atom stereocenters. The maximum Gasteiger partial charge on any atom is 0.246 e. The number of nitrogens with zero attached hydrogens (tertiary/aromatic N) is 2. The highest BCUT2D eigenvalue weighted by molar-refractivity contribution is 6.00. The average Bonchev–Trinajstić information content (AvgIpc) is 1.77. The lowest BCUT2D eigenvalue weighted by Crippen LogP contribution is -2.65. The second-order valence-electron chi connectivity index (χ2n) is 32.2. The first-order chi connectivity index (χ1) is 52.5. The molecule has 4 aliphatic rings. The number of aliphatic hydroxyl groups is 3. The Labute approximate surface area is 650 Å². The van der Waals surface area contributed by atoms with E-state index in [-0.39, 0.29) is 101 Å². The monoisotopic (exact) mass is 1560 g/mol. The summed E-state index contributed by atoms with van der Waals surface area (Å²) in [4.78, 5) is 206. The molecule has 33 heteroatoms. The predicted molar refractivity (Wildman–Crippen MR) is 412 cm³/mol. The molecule has 2 aromatic heterocycles. The maximum absolute atomic E-state index is 15.4. The van der Waals surface area contributed by atoms with Gasteiger partial charge in [-0.05, 0) is 203 Å². The zero-order chi connectivity index (χ0) is 81.9. The molecular weight excluding hydrogens is 1430 g/mol. The van der Waals surface area contributed by atoms with Crippen molar-refractivity contribution in [2.75, 3.05) is 13.1 Å². The van der Waals surface area contributed by atoms with Gasteiger partial charge in [0.2, 0.25) is 82.7 Å². The van der Waals surface area contributed by atoms with E-state index in [1.165, 1.54) is 32.6 Å². The summed E-state index contributed by atoms with van der Waals surface area (Å²) in [6.07, 6.45) is 11.4. The van der Waals surface area contributed by atoms with Crippen molar-refractivity contribution < 1.29 is 82.4 Å². The van der Waals surface area contributed by atoms with Crippen LogP contribution in [0.1, 0.15) is 228 Å². The van der Waals surface area contributed by atoms with Crippen molar-refractivity contribution in [3.63, 3.8) is 0 Å². The van der Waals surface area contributed by atoms with Crippen LogP contribution in [0, 0.1) is 23.2 Å². The number of aromatic nitrogens is 2. The van der Waals surface area contributed by atoms with Crippen LogP contribution < -0.4 is 70.0 Å². The largest absolute Gasteiger partial charge is 0.393 e. The SMILES string of the molecule is CCC[C@H](NC(=O)[C@H](CC1CCC(O)CC1)NC(=O)[C@H](C)NC(=O)[C@]1(C)CC/C=C/CCC[C@@H](C)C(=O)N[C@H](C(N)=O)CCCCNC(=O)CCC[C@H](NC(C)=O)C(=O)N[C@@H](C(C)(C)C)C(=O)N[C@@H](CC2CCC(O)CC2)C(=O)N2CCC[C@H]2C(=O)N[C@@H]([C@@H](C)O)C(=O)N[C@@H](Cc2c[nH]c3ncccc23)C(=O)N1)C(N)=O. The van der Waals surface area contributed by atoms with Gasteiger partial charge in [-0.3, -0.25) is 67.1 Å². The summed E-state index contributed by atoms with van der Waals surface area (Å²) in [5.41, 5.74) is 9.36. The fourth-order valence-corrected chi connectivity index (χ4v) is 14.9. The van der Waals surface area contributed by atoms with Crippen LogP contribution in [0.2, 0.25) is 0 Å². The van der Waals surface area contributed by atoms with Crippen molar-refractivity contribution in [1.82, 2.24) is 73.4 Å². The summed E-state index contributed by atoms with van der Waals surface area (Å²) < 4.78 is 0. The van der Waals surface area contributed by atoms with Crippen LogP contribution in [0.25, 0.3) is 11.0 Å². The number of nitrogens with one attached hydrogen (secondary N) is 12. The minimum Gasteiger partial charge on any atom is -0.393 e. The van der Waals surface area contributed by atoms with Crippen LogP contribution in [0.4, 0.5) is 0 Å². The molecule has 0 bridgehead atoms. The van der Waals surface area contributed by atoms with Gasteiger partial charge in [-0.1, -0.05) is 53.2 Å². The van der Waals surface area contributed by atoms with Gasteiger partial charge in [-0.25, -0.2) is 4.98 Å². The number of allylic oxidation sites excluding steroid dienone is 2. The van der Waals surface area contributed by atoms with Gasteiger partial charge in [-0.2, -0.15) is 0 Å². The summed E-state index contributed by atoms with van der Waals surface area (Å²) in [5.74, 6) is -11.0. The Morgan fingerprint density at radius 3 is 2.00 bits per heavy atom. The highest BCUT2D eigenvalue weighted by Gasteiger charge is 2.45. The lowest BCUT2D eigenvalue weighted by atomic mass is 9.82. The van der Waals surface area contributed by atoms with E-state index in [2.05, 4.69) is 68.5 Å². The van der Waals surface area contributed by atoms with Gasteiger partial charge in [0, 0.05) is 56.6 Å². The number of amides is 14. The molecule has 19 N–H and O–H groups in total. The van der Waals surface area contributed by atoms with E-state index >= 15 is 19.2 Å². The molecule has 0 spiro atoms. The molecule has 2 aliphatic carbocycles. The van der Waals surface area contributed by atoms with Crippen molar-refractivity contribution in [3.8, 4) is 0 Å². The summed E-state index contributed by atoms with van der Waals surface area (Å²) in [7, 11) is 0. The van der Waals surface area contributed by atoms with Gasteiger partial charge in [-0.15, -0.1) is 0 Å². The number of aromatic amines is 1. The first kappa shape index (κ1) is 90.8. The molecular formula is C78H124N16O17. The zero-order valence-corrected chi connectivity index (χ0v) is 66.1. The van der Waals surface area contributed by atoms with Crippen LogP contribution in [0.15, 0.2) is 36.7 Å². The molecule has 0 aromatic carbocycles. The Morgan fingerprint density at radius 1 is 0.703 bits per heavy atom. The molecule has 33 nitrogen and oxygen atoms in total. The Bertz CT molecular complexity index is 3570. The normalized spacial score (nSPS) is 28.6. The molecule has 4 heterocycles. The number of carbonyl (C=O) groups is 14. The maximum atomic E-state index is 15.4. The molecule has 618 valence electrons. The van der Waals surface area contributed by atoms with E-state index in [0.717, 1.165) is 0 Å².